The van der Waals surface area contributed by atoms with E-state index in [0.29, 0.717) is 12.8 Å². The first-order valence-electron chi connectivity index (χ1n) is 13.2. The summed E-state index contributed by atoms with van der Waals surface area (Å²) in [6, 6.07) is 0. The fourth-order valence-electron chi connectivity index (χ4n) is 8.26. The lowest BCUT2D eigenvalue weighted by molar-refractivity contribution is -0.293. The van der Waals surface area contributed by atoms with Crippen molar-refractivity contribution in [2.24, 2.45) is 28.6 Å². The van der Waals surface area contributed by atoms with Gasteiger partial charge in [-0.05, 0) is 56.1 Å². The molecular formula is C27H36O11. The number of carbonyl (C=O) groups excluding carboxylic acids is 2. The highest BCUT2D eigenvalue weighted by molar-refractivity contribution is 6.01. The van der Waals surface area contributed by atoms with E-state index in [-0.39, 0.29) is 36.4 Å². The number of fused-ring (bicyclic) bond motifs is 5. The first-order chi connectivity index (χ1) is 17.7. The van der Waals surface area contributed by atoms with Crippen LogP contribution in [0, 0.1) is 28.6 Å². The van der Waals surface area contributed by atoms with E-state index in [4.69, 9.17) is 9.47 Å². The Balaban J connectivity index is 1.34. The number of carboxylic acid groups (broad SMARTS) is 1. The molecule has 0 spiro atoms. The highest BCUT2D eigenvalue weighted by Gasteiger charge is 2.68. The number of aliphatic hydroxyl groups is 5. The van der Waals surface area contributed by atoms with Crippen LogP contribution < -0.4 is 0 Å². The van der Waals surface area contributed by atoms with Gasteiger partial charge in [0.05, 0.1) is 6.10 Å². The highest BCUT2D eigenvalue weighted by atomic mass is 16.7. The molecule has 38 heavy (non-hydrogen) atoms. The van der Waals surface area contributed by atoms with Gasteiger partial charge in [-0.15, -0.1) is 0 Å². The third-order valence-electron chi connectivity index (χ3n) is 10.3. The summed E-state index contributed by atoms with van der Waals surface area (Å²) in [6.07, 6.45) is -2.60. The van der Waals surface area contributed by atoms with Crippen molar-refractivity contribution in [2.45, 2.75) is 88.4 Å². The van der Waals surface area contributed by atoms with Crippen LogP contribution in [0.5, 0.6) is 0 Å². The monoisotopic (exact) mass is 536 g/mol. The maximum absolute atomic E-state index is 13.5. The molecular weight excluding hydrogens is 500 g/mol. The van der Waals surface area contributed by atoms with Crippen LogP contribution >= 0.6 is 0 Å². The van der Waals surface area contributed by atoms with Crippen molar-refractivity contribution in [1.29, 1.82) is 0 Å². The van der Waals surface area contributed by atoms with Crippen molar-refractivity contribution in [1.82, 2.24) is 0 Å². The summed E-state index contributed by atoms with van der Waals surface area (Å²) in [7, 11) is 0. The molecule has 4 aliphatic carbocycles. The zero-order valence-corrected chi connectivity index (χ0v) is 21.4. The number of Topliss-reactive ketones (excluding diaryl/α,β-unsaturated/α-hetero) is 1. The van der Waals surface area contributed by atoms with E-state index in [0.717, 1.165) is 12.0 Å². The van der Waals surface area contributed by atoms with Gasteiger partial charge in [-0.25, -0.2) is 4.79 Å². The molecule has 6 N–H and O–H groups in total. The van der Waals surface area contributed by atoms with Crippen molar-refractivity contribution in [3.05, 3.63) is 23.8 Å². The van der Waals surface area contributed by atoms with Crippen molar-refractivity contribution in [3.8, 4) is 0 Å². The van der Waals surface area contributed by atoms with Crippen LogP contribution in [-0.4, -0.2) is 97.2 Å². The fourth-order valence-corrected chi connectivity index (χ4v) is 8.26. The van der Waals surface area contributed by atoms with Crippen LogP contribution in [0.25, 0.3) is 0 Å². The second kappa shape index (κ2) is 9.29. The van der Waals surface area contributed by atoms with Crippen molar-refractivity contribution in [3.63, 3.8) is 0 Å². The van der Waals surface area contributed by atoms with Crippen LogP contribution in [0.15, 0.2) is 23.8 Å². The summed E-state index contributed by atoms with van der Waals surface area (Å²) in [4.78, 5) is 36.8. The molecule has 0 aromatic rings. The molecule has 11 nitrogen and oxygen atoms in total. The van der Waals surface area contributed by atoms with Gasteiger partial charge in [-0.3, -0.25) is 9.59 Å². The van der Waals surface area contributed by atoms with Crippen LogP contribution in [0.3, 0.4) is 0 Å². The van der Waals surface area contributed by atoms with E-state index in [2.05, 4.69) is 0 Å². The van der Waals surface area contributed by atoms with Gasteiger partial charge in [-0.2, -0.15) is 0 Å². The standard InChI is InChI=1S/C27H36O11/c1-25-7-5-13(28)9-12(25)3-4-14-15-6-8-27(36,26(15,2)10-16(29)18(14)25)17(30)11-37-24-21(33)19(31)20(32)22(38-24)23(34)35/h5,7,9,14-16,18-22,24,29,31-33,36H,3-4,6,8,10-11H2,1-2H3,(H,34,35)/t14-,15+,16+,18+,19+,20+,21-,22-,24-,25-,26+,27-/m0/s1. The minimum absolute atomic E-state index is 0.0166. The lowest BCUT2D eigenvalue weighted by Gasteiger charge is -2.59. The quantitative estimate of drug-likeness (QED) is 0.265. The van der Waals surface area contributed by atoms with Gasteiger partial charge < -0.3 is 40.1 Å². The van der Waals surface area contributed by atoms with Crippen LogP contribution in [0.4, 0.5) is 0 Å². The summed E-state index contributed by atoms with van der Waals surface area (Å²) in [6.45, 7) is 3.12. The smallest absolute Gasteiger partial charge is 0.335 e. The van der Waals surface area contributed by atoms with E-state index < -0.39 is 71.6 Å². The van der Waals surface area contributed by atoms with Gasteiger partial charge in [-0.1, -0.05) is 25.5 Å². The minimum Gasteiger partial charge on any atom is -0.479 e. The topological polar surface area (TPSA) is 191 Å². The summed E-state index contributed by atoms with van der Waals surface area (Å²) in [5, 5.41) is 62.5. The van der Waals surface area contributed by atoms with E-state index >= 15 is 0 Å². The maximum Gasteiger partial charge on any atom is 0.335 e. The Morgan fingerprint density at radius 3 is 2.50 bits per heavy atom. The Labute approximate surface area is 219 Å². The Morgan fingerprint density at radius 2 is 1.82 bits per heavy atom. The van der Waals surface area contributed by atoms with Crippen molar-refractivity contribution >= 4 is 17.5 Å². The molecule has 0 radical (unpaired) electrons. The van der Waals surface area contributed by atoms with Crippen molar-refractivity contribution < 1.29 is 54.5 Å². The molecule has 11 heteroatoms. The van der Waals surface area contributed by atoms with Gasteiger partial charge in [0.15, 0.2) is 24.0 Å². The second-order valence-electron chi connectivity index (χ2n) is 12.1. The largest absolute Gasteiger partial charge is 0.479 e. The molecule has 12 atom stereocenters. The van der Waals surface area contributed by atoms with Gasteiger partial charge >= 0.3 is 5.97 Å². The first kappa shape index (κ1) is 27.6. The average Bonchev–Trinajstić information content (AvgIpc) is 3.13. The zero-order valence-electron chi connectivity index (χ0n) is 21.4. The number of aliphatic carboxylic acids is 1. The van der Waals surface area contributed by atoms with Gasteiger partial charge in [0.2, 0.25) is 0 Å². The average molecular weight is 537 g/mol. The van der Waals surface area contributed by atoms with E-state index in [1.807, 2.05) is 19.9 Å². The third-order valence-corrected chi connectivity index (χ3v) is 10.3. The lowest BCUT2D eigenvalue weighted by atomic mass is 9.46. The number of carbonyl (C=O) groups is 3. The number of rotatable bonds is 5. The number of hydrogen-bond donors (Lipinski definition) is 6. The Hall–Kier alpha value is -1.99. The van der Waals surface area contributed by atoms with Gasteiger partial charge in [0.25, 0.3) is 0 Å². The van der Waals surface area contributed by atoms with Crippen LogP contribution in [0.1, 0.15) is 46.0 Å². The number of hydrogen-bond acceptors (Lipinski definition) is 10. The Morgan fingerprint density at radius 1 is 1.11 bits per heavy atom. The predicted molar refractivity (Wildman–Crippen MR) is 128 cm³/mol. The van der Waals surface area contributed by atoms with E-state index in [9.17, 15) is 45.0 Å². The molecule has 0 bridgehead atoms. The Bertz CT molecular complexity index is 1080. The Kier molecular flexibility index (Phi) is 6.74. The SMILES string of the molecule is C[C@]12C=CC(=O)C=C1CC[C@@H]1[C@@H]2[C@H](O)C[C@]2(C)[C@@H]1CC[C@]2(O)C(=O)CO[C@H]1O[C@H](C(=O)O)[C@H](O)[C@@H](O)[C@@H]1O. The summed E-state index contributed by atoms with van der Waals surface area (Å²) >= 11 is 0. The number of aliphatic hydroxyl groups excluding tert-OH is 4. The van der Waals surface area contributed by atoms with Crippen LogP contribution in [0.2, 0.25) is 0 Å². The number of carboxylic acids is 1. The summed E-state index contributed by atoms with van der Waals surface area (Å²) in [5.74, 6) is -2.54. The number of allylic oxidation sites excluding steroid dienone is 4. The van der Waals surface area contributed by atoms with E-state index in [1.165, 1.54) is 0 Å². The second-order valence-corrected chi connectivity index (χ2v) is 12.1. The molecule has 0 aromatic carbocycles. The third kappa shape index (κ3) is 3.86. The summed E-state index contributed by atoms with van der Waals surface area (Å²) < 4.78 is 10.4. The molecule has 1 aliphatic heterocycles. The molecule has 5 aliphatic rings. The lowest BCUT2D eigenvalue weighted by Crippen LogP contribution is -2.62. The van der Waals surface area contributed by atoms with E-state index in [1.54, 1.807) is 12.2 Å². The molecule has 0 aromatic heterocycles. The zero-order chi connectivity index (χ0) is 27.8. The maximum atomic E-state index is 13.5. The fraction of sp³-hybridized carbons (Fsp3) is 0.741. The molecule has 0 unspecified atom stereocenters. The number of ether oxygens (including phenoxy) is 2. The highest BCUT2D eigenvalue weighted by Crippen LogP contribution is 2.67. The van der Waals surface area contributed by atoms with Gasteiger partial charge in [0, 0.05) is 16.7 Å². The normalized spacial score (nSPS) is 50.0. The molecule has 1 heterocycles. The van der Waals surface area contributed by atoms with Crippen LogP contribution in [-0.2, 0) is 23.9 Å². The molecule has 3 saturated carbocycles. The summed E-state index contributed by atoms with van der Waals surface area (Å²) in [5.41, 5.74) is -2.29. The van der Waals surface area contributed by atoms with Crippen molar-refractivity contribution in [2.75, 3.05) is 6.61 Å². The minimum atomic E-state index is -1.89. The molecule has 210 valence electrons. The molecule has 1 saturated heterocycles. The van der Waals surface area contributed by atoms with Gasteiger partial charge in [0.1, 0.15) is 30.5 Å². The first-order valence-corrected chi connectivity index (χ1v) is 13.2. The number of ketones is 2. The molecule has 4 fully saturated rings. The predicted octanol–water partition coefficient (Wildman–Crippen LogP) is -0.526. The molecule has 0 amide bonds. The molecule has 5 rings (SSSR count).